The molecule has 29 heavy (non-hydrogen) atoms. The first-order chi connectivity index (χ1) is 14.3. The molecular formula is C24H26N4O. The number of anilines is 2. The molecule has 1 atom stereocenters. The molecule has 3 heterocycles. The maximum atomic E-state index is 5.76. The SMILES string of the molecule is c1ccc(-c2nc(NCC3CCCO3)cc(N3CCc4ccccc4C3)n2)cc1. The van der Waals surface area contributed by atoms with Crippen LogP contribution in [0.1, 0.15) is 24.0 Å². The second kappa shape index (κ2) is 8.21. The molecule has 1 fully saturated rings. The molecule has 0 saturated carbocycles. The summed E-state index contributed by atoms with van der Waals surface area (Å²) in [6, 6.07) is 21.0. The van der Waals surface area contributed by atoms with E-state index in [0.717, 1.165) is 68.5 Å². The van der Waals surface area contributed by atoms with Gasteiger partial charge in [-0.05, 0) is 30.4 Å². The van der Waals surface area contributed by atoms with Crippen LogP contribution >= 0.6 is 0 Å². The third-order valence-electron chi connectivity index (χ3n) is 5.73. The van der Waals surface area contributed by atoms with Crippen LogP contribution in [-0.2, 0) is 17.7 Å². The minimum atomic E-state index is 0.274. The number of benzene rings is 2. The Bertz CT molecular complexity index is 970. The second-order valence-corrected chi connectivity index (χ2v) is 7.76. The number of rotatable bonds is 5. The summed E-state index contributed by atoms with van der Waals surface area (Å²) in [6.45, 7) is 3.50. The molecule has 2 aromatic carbocycles. The topological polar surface area (TPSA) is 50.3 Å². The highest BCUT2D eigenvalue weighted by molar-refractivity contribution is 5.62. The molecule has 1 aromatic heterocycles. The molecular weight excluding hydrogens is 360 g/mol. The maximum Gasteiger partial charge on any atom is 0.163 e. The lowest BCUT2D eigenvalue weighted by molar-refractivity contribution is 0.120. The number of hydrogen-bond acceptors (Lipinski definition) is 5. The smallest absolute Gasteiger partial charge is 0.163 e. The van der Waals surface area contributed by atoms with E-state index in [1.54, 1.807) is 0 Å². The van der Waals surface area contributed by atoms with Crippen LogP contribution in [0, 0.1) is 0 Å². The number of hydrogen-bond donors (Lipinski definition) is 1. The molecule has 2 aliphatic heterocycles. The van der Waals surface area contributed by atoms with Crippen molar-refractivity contribution in [2.45, 2.75) is 31.9 Å². The van der Waals surface area contributed by atoms with Crippen LogP contribution in [0.5, 0.6) is 0 Å². The van der Waals surface area contributed by atoms with Crippen molar-refractivity contribution < 1.29 is 4.74 Å². The zero-order valence-electron chi connectivity index (χ0n) is 16.6. The van der Waals surface area contributed by atoms with E-state index in [9.17, 15) is 0 Å². The molecule has 0 bridgehead atoms. The summed E-state index contributed by atoms with van der Waals surface area (Å²) in [6.07, 6.45) is 3.57. The fourth-order valence-corrected chi connectivity index (χ4v) is 4.12. The van der Waals surface area contributed by atoms with E-state index in [0.29, 0.717) is 0 Å². The van der Waals surface area contributed by atoms with Gasteiger partial charge in [-0.15, -0.1) is 0 Å². The van der Waals surface area contributed by atoms with Gasteiger partial charge in [0.1, 0.15) is 11.6 Å². The summed E-state index contributed by atoms with van der Waals surface area (Å²) >= 11 is 0. The third-order valence-corrected chi connectivity index (χ3v) is 5.73. The first-order valence-corrected chi connectivity index (χ1v) is 10.5. The van der Waals surface area contributed by atoms with Crippen LogP contribution in [0.25, 0.3) is 11.4 Å². The Morgan fingerprint density at radius 2 is 1.83 bits per heavy atom. The first-order valence-electron chi connectivity index (χ1n) is 10.5. The van der Waals surface area contributed by atoms with Crippen LogP contribution in [0.4, 0.5) is 11.6 Å². The molecule has 0 spiro atoms. The molecule has 2 aliphatic rings. The van der Waals surface area contributed by atoms with Gasteiger partial charge >= 0.3 is 0 Å². The minimum absolute atomic E-state index is 0.274. The van der Waals surface area contributed by atoms with Gasteiger partial charge in [-0.2, -0.15) is 0 Å². The van der Waals surface area contributed by atoms with E-state index >= 15 is 0 Å². The highest BCUT2D eigenvalue weighted by Gasteiger charge is 2.20. The van der Waals surface area contributed by atoms with Gasteiger partial charge in [0, 0.05) is 37.9 Å². The molecule has 0 amide bonds. The Labute approximate surface area is 171 Å². The number of fused-ring (bicyclic) bond motifs is 1. The molecule has 148 valence electrons. The largest absolute Gasteiger partial charge is 0.376 e. The van der Waals surface area contributed by atoms with Gasteiger partial charge in [0.2, 0.25) is 0 Å². The number of nitrogens with zero attached hydrogens (tertiary/aromatic N) is 3. The molecule has 0 radical (unpaired) electrons. The molecule has 1 saturated heterocycles. The van der Waals surface area contributed by atoms with Crippen molar-refractivity contribution in [3.05, 3.63) is 71.8 Å². The van der Waals surface area contributed by atoms with Crippen LogP contribution < -0.4 is 10.2 Å². The highest BCUT2D eigenvalue weighted by Crippen LogP contribution is 2.27. The first kappa shape index (κ1) is 18.1. The lowest BCUT2D eigenvalue weighted by Gasteiger charge is -2.30. The van der Waals surface area contributed by atoms with E-state index in [-0.39, 0.29) is 6.10 Å². The third kappa shape index (κ3) is 4.10. The second-order valence-electron chi connectivity index (χ2n) is 7.76. The summed E-state index contributed by atoms with van der Waals surface area (Å²) in [4.78, 5) is 12.1. The molecule has 1 N–H and O–H groups in total. The number of nitrogens with one attached hydrogen (secondary N) is 1. The van der Waals surface area contributed by atoms with Crippen molar-refractivity contribution in [3.63, 3.8) is 0 Å². The number of ether oxygens (including phenoxy) is 1. The van der Waals surface area contributed by atoms with Crippen LogP contribution in [0.3, 0.4) is 0 Å². The summed E-state index contributed by atoms with van der Waals surface area (Å²) in [5.74, 6) is 2.60. The summed E-state index contributed by atoms with van der Waals surface area (Å²) < 4.78 is 5.76. The lowest BCUT2D eigenvalue weighted by Crippen LogP contribution is -2.31. The number of aromatic nitrogens is 2. The summed E-state index contributed by atoms with van der Waals surface area (Å²) in [7, 11) is 0. The van der Waals surface area contributed by atoms with Crippen molar-refractivity contribution >= 4 is 11.6 Å². The Morgan fingerprint density at radius 3 is 2.66 bits per heavy atom. The van der Waals surface area contributed by atoms with E-state index in [1.807, 2.05) is 18.2 Å². The van der Waals surface area contributed by atoms with E-state index in [2.05, 4.69) is 52.7 Å². The monoisotopic (exact) mass is 386 g/mol. The zero-order chi connectivity index (χ0) is 19.5. The molecule has 5 rings (SSSR count). The van der Waals surface area contributed by atoms with Crippen molar-refractivity contribution in [2.24, 2.45) is 0 Å². The van der Waals surface area contributed by atoms with E-state index in [1.165, 1.54) is 11.1 Å². The maximum absolute atomic E-state index is 5.76. The van der Waals surface area contributed by atoms with Crippen LogP contribution in [0.15, 0.2) is 60.7 Å². The molecule has 5 heteroatoms. The van der Waals surface area contributed by atoms with Gasteiger partial charge in [0.15, 0.2) is 5.82 Å². The Hall–Kier alpha value is -2.92. The average Bonchev–Trinajstić information content (AvgIpc) is 3.31. The predicted molar refractivity (Wildman–Crippen MR) is 116 cm³/mol. The van der Waals surface area contributed by atoms with E-state index in [4.69, 9.17) is 14.7 Å². The lowest BCUT2D eigenvalue weighted by atomic mass is 10.00. The Morgan fingerprint density at radius 1 is 1.00 bits per heavy atom. The van der Waals surface area contributed by atoms with Gasteiger partial charge in [0.05, 0.1) is 6.10 Å². The normalized spacial score (nSPS) is 18.5. The van der Waals surface area contributed by atoms with E-state index < -0.39 is 0 Å². The fourth-order valence-electron chi connectivity index (χ4n) is 4.12. The van der Waals surface area contributed by atoms with Gasteiger partial charge in [-0.1, -0.05) is 54.6 Å². The quantitative estimate of drug-likeness (QED) is 0.709. The molecule has 1 unspecified atom stereocenters. The van der Waals surface area contributed by atoms with Gasteiger partial charge in [-0.25, -0.2) is 9.97 Å². The van der Waals surface area contributed by atoms with Crippen LogP contribution in [-0.4, -0.2) is 35.8 Å². The Kier molecular flexibility index (Phi) is 5.13. The molecule has 3 aromatic rings. The molecule has 5 nitrogen and oxygen atoms in total. The Balaban J connectivity index is 1.44. The van der Waals surface area contributed by atoms with Gasteiger partial charge in [0.25, 0.3) is 0 Å². The van der Waals surface area contributed by atoms with Crippen molar-refractivity contribution in [1.29, 1.82) is 0 Å². The summed E-state index contributed by atoms with van der Waals surface area (Å²) in [5.41, 5.74) is 3.86. The summed E-state index contributed by atoms with van der Waals surface area (Å²) in [5, 5.41) is 3.49. The zero-order valence-corrected chi connectivity index (χ0v) is 16.6. The van der Waals surface area contributed by atoms with Crippen molar-refractivity contribution in [2.75, 3.05) is 29.9 Å². The fraction of sp³-hybridized carbons (Fsp3) is 0.333. The molecule has 0 aliphatic carbocycles. The van der Waals surface area contributed by atoms with Crippen LogP contribution in [0.2, 0.25) is 0 Å². The predicted octanol–water partition coefficient (Wildman–Crippen LogP) is 4.30. The average molecular weight is 386 g/mol. The van der Waals surface area contributed by atoms with Gasteiger partial charge < -0.3 is 15.0 Å². The minimum Gasteiger partial charge on any atom is -0.376 e. The van der Waals surface area contributed by atoms with Gasteiger partial charge in [-0.3, -0.25) is 0 Å². The highest BCUT2D eigenvalue weighted by atomic mass is 16.5. The standard InChI is InChI=1S/C24H26N4O/c1-2-8-19(9-3-1)24-26-22(25-16-21-11-6-14-29-21)15-23(27-24)28-13-12-18-7-4-5-10-20(18)17-28/h1-5,7-10,15,21H,6,11-14,16-17H2,(H,25,26,27). The van der Waals surface area contributed by atoms with Crippen molar-refractivity contribution in [1.82, 2.24) is 9.97 Å². The van der Waals surface area contributed by atoms with Crippen molar-refractivity contribution in [3.8, 4) is 11.4 Å².